The number of nitrogens with zero attached hydrogens (tertiary/aromatic N) is 4. The van der Waals surface area contributed by atoms with Gasteiger partial charge in [0.1, 0.15) is 11.6 Å². The van der Waals surface area contributed by atoms with Crippen molar-refractivity contribution >= 4 is 34.9 Å². The number of hydrogen-bond acceptors (Lipinski definition) is 5. The number of anilines is 3. The summed E-state index contributed by atoms with van der Waals surface area (Å²) in [7, 11) is 0. The van der Waals surface area contributed by atoms with E-state index in [1.54, 1.807) is 0 Å². The number of aromatic nitrogens is 2. The van der Waals surface area contributed by atoms with Crippen LogP contribution in [0.5, 0.6) is 0 Å². The predicted octanol–water partition coefficient (Wildman–Crippen LogP) is 4.35. The third kappa shape index (κ3) is 5.85. The second-order valence-electron chi connectivity index (χ2n) is 9.25. The maximum atomic E-state index is 5.55. The van der Waals surface area contributed by atoms with E-state index < -0.39 is 0 Å². The first-order valence-corrected chi connectivity index (χ1v) is 11.9. The van der Waals surface area contributed by atoms with E-state index in [0.29, 0.717) is 29.4 Å². The summed E-state index contributed by atoms with van der Waals surface area (Å²) in [4.78, 5) is 14.4. The topological polar surface area (TPSA) is 56.3 Å². The molecule has 4 rings (SSSR count). The Morgan fingerprint density at radius 2 is 1.61 bits per heavy atom. The first-order chi connectivity index (χ1) is 15.0. The molecular weight excluding hydrogens is 404 g/mol. The lowest BCUT2D eigenvalue weighted by Gasteiger charge is -2.36. The Morgan fingerprint density at radius 3 is 2.26 bits per heavy atom. The van der Waals surface area contributed by atoms with Crippen LogP contribution in [0.4, 0.5) is 17.6 Å². The van der Waals surface area contributed by atoms with Gasteiger partial charge in [-0.25, -0.2) is 0 Å². The van der Waals surface area contributed by atoms with Gasteiger partial charge >= 0.3 is 0 Å². The number of aryl methyl sites for hydroxylation is 1. The molecule has 2 aliphatic rings. The summed E-state index contributed by atoms with van der Waals surface area (Å²) < 4.78 is 0. The van der Waals surface area contributed by atoms with Crippen molar-refractivity contribution in [2.75, 3.05) is 41.3 Å². The molecule has 2 saturated heterocycles. The van der Waals surface area contributed by atoms with Crippen LogP contribution in [0.15, 0.2) is 30.3 Å². The molecule has 3 heterocycles. The summed E-state index contributed by atoms with van der Waals surface area (Å²) in [6.45, 7) is 11.6. The van der Waals surface area contributed by atoms with Crippen molar-refractivity contribution in [1.82, 2.24) is 15.3 Å². The van der Waals surface area contributed by atoms with E-state index in [1.165, 1.54) is 30.4 Å². The zero-order chi connectivity index (χ0) is 21.8. The number of rotatable bonds is 5. The largest absolute Gasteiger partial charge is 0.358 e. The minimum Gasteiger partial charge on any atom is -0.358 e. The Labute approximate surface area is 191 Å². The van der Waals surface area contributed by atoms with Crippen molar-refractivity contribution in [2.45, 2.75) is 46.6 Å². The average Bonchev–Trinajstić information content (AvgIpc) is 3.27. The Bertz CT molecular complexity index is 883. The highest BCUT2D eigenvalue weighted by atomic mass is 32.1. The molecule has 0 saturated carbocycles. The number of piperidine rings is 1. The van der Waals surface area contributed by atoms with E-state index in [4.69, 9.17) is 22.2 Å². The Hall–Kier alpha value is -2.41. The summed E-state index contributed by atoms with van der Waals surface area (Å²) in [5, 5.41) is 7.06. The van der Waals surface area contributed by atoms with Crippen LogP contribution in [-0.2, 0) is 6.54 Å². The minimum atomic E-state index is 0.547. The zero-order valence-electron chi connectivity index (χ0n) is 18.9. The summed E-state index contributed by atoms with van der Waals surface area (Å²) in [6.07, 6.45) is 3.71. The van der Waals surface area contributed by atoms with Gasteiger partial charge in [-0.2, -0.15) is 9.97 Å². The van der Waals surface area contributed by atoms with Crippen LogP contribution in [0.3, 0.4) is 0 Å². The van der Waals surface area contributed by atoms with Crippen molar-refractivity contribution in [3.05, 3.63) is 41.5 Å². The van der Waals surface area contributed by atoms with Crippen molar-refractivity contribution in [3.8, 4) is 0 Å². The quantitative estimate of drug-likeness (QED) is 0.673. The van der Waals surface area contributed by atoms with Gasteiger partial charge in [0.15, 0.2) is 5.11 Å². The van der Waals surface area contributed by atoms with Crippen LogP contribution in [0.2, 0.25) is 0 Å². The average molecular weight is 439 g/mol. The van der Waals surface area contributed by atoms with E-state index in [1.807, 2.05) is 0 Å². The lowest BCUT2D eigenvalue weighted by atomic mass is 9.92. The Morgan fingerprint density at radius 1 is 1.00 bits per heavy atom. The first kappa shape index (κ1) is 21.8. The fourth-order valence-corrected chi connectivity index (χ4v) is 4.80. The van der Waals surface area contributed by atoms with Gasteiger partial charge in [-0.05, 0) is 55.8 Å². The van der Waals surface area contributed by atoms with Crippen LogP contribution in [0.25, 0.3) is 0 Å². The SMILES string of the molecule is Cc1ccc(CNC(=S)Nc2nc(N3CCCC3)cc(N3CC(C)CC(C)C3)n2)cc1. The normalized spacial score (nSPS) is 21.3. The van der Waals surface area contributed by atoms with E-state index in [9.17, 15) is 0 Å². The van der Waals surface area contributed by atoms with Crippen molar-refractivity contribution in [2.24, 2.45) is 11.8 Å². The van der Waals surface area contributed by atoms with Gasteiger partial charge in [0.25, 0.3) is 0 Å². The van der Waals surface area contributed by atoms with E-state index in [2.05, 4.69) is 71.5 Å². The zero-order valence-corrected chi connectivity index (χ0v) is 19.7. The minimum absolute atomic E-state index is 0.547. The summed E-state index contributed by atoms with van der Waals surface area (Å²) in [5.74, 6) is 3.91. The third-order valence-electron chi connectivity index (χ3n) is 6.12. The molecule has 0 radical (unpaired) electrons. The smallest absolute Gasteiger partial charge is 0.232 e. The summed E-state index contributed by atoms with van der Waals surface area (Å²) in [6, 6.07) is 10.6. The first-order valence-electron chi connectivity index (χ1n) is 11.5. The summed E-state index contributed by atoms with van der Waals surface area (Å²) >= 11 is 5.55. The van der Waals surface area contributed by atoms with Crippen LogP contribution < -0.4 is 20.4 Å². The van der Waals surface area contributed by atoms with Gasteiger partial charge in [0.2, 0.25) is 5.95 Å². The molecule has 0 amide bonds. The fraction of sp³-hybridized carbons (Fsp3) is 0.542. The highest BCUT2D eigenvalue weighted by Crippen LogP contribution is 2.29. The van der Waals surface area contributed by atoms with Crippen LogP contribution in [0.1, 0.15) is 44.2 Å². The van der Waals surface area contributed by atoms with Crippen LogP contribution in [0, 0.1) is 18.8 Å². The van der Waals surface area contributed by atoms with E-state index in [-0.39, 0.29) is 0 Å². The lowest BCUT2D eigenvalue weighted by Crippen LogP contribution is -2.39. The van der Waals surface area contributed by atoms with Crippen LogP contribution >= 0.6 is 12.2 Å². The van der Waals surface area contributed by atoms with E-state index >= 15 is 0 Å². The molecule has 2 atom stereocenters. The maximum absolute atomic E-state index is 5.55. The van der Waals surface area contributed by atoms with Gasteiger partial charge in [0, 0.05) is 38.8 Å². The molecule has 6 nitrogen and oxygen atoms in total. The van der Waals surface area contributed by atoms with Crippen molar-refractivity contribution in [3.63, 3.8) is 0 Å². The predicted molar refractivity (Wildman–Crippen MR) is 133 cm³/mol. The molecule has 1 aromatic heterocycles. The Balaban J connectivity index is 1.49. The van der Waals surface area contributed by atoms with Crippen LogP contribution in [-0.4, -0.2) is 41.3 Å². The maximum Gasteiger partial charge on any atom is 0.232 e. The number of nitrogens with one attached hydrogen (secondary N) is 2. The molecule has 2 aromatic rings. The molecule has 2 N–H and O–H groups in total. The molecule has 0 spiro atoms. The molecule has 2 unspecified atom stereocenters. The number of benzene rings is 1. The molecule has 0 aliphatic carbocycles. The molecule has 7 heteroatoms. The monoisotopic (exact) mass is 438 g/mol. The standard InChI is InChI=1S/C24H34N6S/c1-17-6-8-20(9-7-17)14-25-24(31)28-23-26-21(29-10-4-5-11-29)13-22(27-23)30-15-18(2)12-19(3)16-30/h6-9,13,18-19H,4-5,10-12,14-16H2,1-3H3,(H2,25,26,27,28,31). The fourth-order valence-electron chi connectivity index (χ4n) is 4.63. The summed E-state index contributed by atoms with van der Waals surface area (Å²) in [5.41, 5.74) is 2.45. The molecule has 2 fully saturated rings. The molecule has 0 bridgehead atoms. The van der Waals surface area contributed by atoms with Gasteiger partial charge in [-0.15, -0.1) is 0 Å². The second kappa shape index (κ2) is 9.81. The molecular formula is C24H34N6S. The van der Waals surface area contributed by atoms with Crippen molar-refractivity contribution in [1.29, 1.82) is 0 Å². The number of thiocarbonyl (C=S) groups is 1. The van der Waals surface area contributed by atoms with E-state index in [0.717, 1.165) is 37.8 Å². The molecule has 166 valence electrons. The molecule has 2 aliphatic heterocycles. The van der Waals surface area contributed by atoms with Gasteiger partial charge < -0.3 is 20.4 Å². The highest BCUT2D eigenvalue weighted by Gasteiger charge is 2.25. The second-order valence-corrected chi connectivity index (χ2v) is 9.65. The van der Waals surface area contributed by atoms with Gasteiger partial charge in [0.05, 0.1) is 0 Å². The highest BCUT2D eigenvalue weighted by molar-refractivity contribution is 7.80. The van der Waals surface area contributed by atoms with Crippen molar-refractivity contribution < 1.29 is 0 Å². The van der Waals surface area contributed by atoms with Gasteiger partial charge in [-0.1, -0.05) is 43.7 Å². The number of hydrogen-bond donors (Lipinski definition) is 2. The Kier molecular flexibility index (Phi) is 6.90. The van der Waals surface area contributed by atoms with Gasteiger partial charge in [-0.3, -0.25) is 0 Å². The molecule has 1 aromatic carbocycles. The molecule has 31 heavy (non-hydrogen) atoms. The third-order valence-corrected chi connectivity index (χ3v) is 6.37. The lowest BCUT2D eigenvalue weighted by molar-refractivity contribution is 0.355.